The molecule has 2 amide bonds. The Bertz CT molecular complexity index is 818. The molecule has 7 heteroatoms. The second-order valence-electron chi connectivity index (χ2n) is 5.36. The van der Waals surface area contributed by atoms with E-state index in [1.807, 2.05) is 0 Å². The summed E-state index contributed by atoms with van der Waals surface area (Å²) >= 11 is 0. The number of phenols is 1. The van der Waals surface area contributed by atoms with Gasteiger partial charge in [0.2, 0.25) is 5.91 Å². The first kappa shape index (κ1) is 18.0. The average Bonchev–Trinajstić information content (AvgIpc) is 2.60. The molecule has 2 rings (SSSR count). The molecule has 2 aromatic carbocycles. The number of ether oxygens (including phenoxy) is 1. The van der Waals surface area contributed by atoms with Crippen LogP contribution in [0.3, 0.4) is 0 Å². The highest BCUT2D eigenvalue weighted by atomic mass is 16.5. The molecule has 0 saturated heterocycles. The van der Waals surface area contributed by atoms with Crippen LogP contribution in [-0.2, 0) is 4.79 Å². The van der Waals surface area contributed by atoms with E-state index in [0.29, 0.717) is 22.6 Å². The van der Waals surface area contributed by atoms with Gasteiger partial charge in [0.05, 0.1) is 19.3 Å². The van der Waals surface area contributed by atoms with E-state index in [4.69, 9.17) is 10.5 Å². The molecule has 0 heterocycles. The highest BCUT2D eigenvalue weighted by Crippen LogP contribution is 2.22. The predicted octanol–water partition coefficient (Wildman–Crippen LogP) is 1.71. The predicted molar refractivity (Wildman–Crippen MR) is 94.5 cm³/mol. The third-order valence-electron chi connectivity index (χ3n) is 3.42. The van der Waals surface area contributed by atoms with Gasteiger partial charge in [-0.3, -0.25) is 14.6 Å². The molecule has 7 nitrogen and oxygen atoms in total. The quantitative estimate of drug-likeness (QED) is 0.780. The number of aromatic hydroxyl groups is 1. The van der Waals surface area contributed by atoms with Gasteiger partial charge in [0.1, 0.15) is 11.5 Å². The van der Waals surface area contributed by atoms with E-state index in [1.54, 1.807) is 36.4 Å². The van der Waals surface area contributed by atoms with Gasteiger partial charge in [-0.25, -0.2) is 0 Å². The van der Waals surface area contributed by atoms with Crippen molar-refractivity contribution in [2.24, 2.45) is 10.7 Å². The molecular weight excluding hydrogens is 322 g/mol. The van der Waals surface area contributed by atoms with Gasteiger partial charge in [-0.05, 0) is 36.4 Å². The van der Waals surface area contributed by atoms with Gasteiger partial charge in [-0.2, -0.15) is 0 Å². The van der Waals surface area contributed by atoms with Crippen molar-refractivity contribution in [2.45, 2.75) is 0 Å². The number of aliphatic imine (C=N–C) groups is 1. The fourth-order valence-corrected chi connectivity index (χ4v) is 2.15. The first-order valence-electron chi connectivity index (χ1n) is 7.45. The van der Waals surface area contributed by atoms with Crippen LogP contribution in [0.25, 0.3) is 0 Å². The zero-order valence-electron chi connectivity index (χ0n) is 14.0. The molecule has 0 bridgehead atoms. The Kier molecular flexibility index (Phi) is 5.73. The van der Waals surface area contributed by atoms with Crippen molar-refractivity contribution in [3.05, 3.63) is 53.6 Å². The maximum Gasteiger partial charge on any atom is 0.254 e. The molecule has 3 N–H and O–H groups in total. The van der Waals surface area contributed by atoms with Crippen LogP contribution in [0, 0.1) is 0 Å². The fourth-order valence-electron chi connectivity index (χ4n) is 2.15. The molecule has 0 atom stereocenters. The van der Waals surface area contributed by atoms with E-state index in [1.165, 1.54) is 31.3 Å². The van der Waals surface area contributed by atoms with Crippen molar-refractivity contribution in [3.63, 3.8) is 0 Å². The first-order valence-corrected chi connectivity index (χ1v) is 7.45. The standard InChI is InChI=1S/C18H19N3O4/c1-21(11-17(19)23)18(24)12-4-3-5-14(8-12)20-10-13-9-15(25-2)6-7-16(13)22/h3-10,22H,11H2,1-2H3,(H2,19,23). The Morgan fingerprint density at radius 1 is 1.28 bits per heavy atom. The van der Waals surface area contributed by atoms with Crippen LogP contribution in [0.1, 0.15) is 15.9 Å². The first-order chi connectivity index (χ1) is 11.9. The number of nitrogens with two attached hydrogens (primary N) is 1. The molecular formula is C18H19N3O4. The number of benzene rings is 2. The van der Waals surface area contributed by atoms with Crippen LogP contribution >= 0.6 is 0 Å². The number of hydrogen-bond acceptors (Lipinski definition) is 5. The molecule has 130 valence electrons. The summed E-state index contributed by atoms with van der Waals surface area (Å²) in [4.78, 5) is 28.7. The van der Waals surface area contributed by atoms with Crippen molar-refractivity contribution in [3.8, 4) is 11.5 Å². The van der Waals surface area contributed by atoms with E-state index in [0.717, 1.165) is 0 Å². The summed E-state index contributed by atoms with van der Waals surface area (Å²) in [5.74, 6) is -0.257. The summed E-state index contributed by atoms with van der Waals surface area (Å²) < 4.78 is 5.11. The van der Waals surface area contributed by atoms with Gasteiger partial charge in [0, 0.05) is 24.4 Å². The van der Waals surface area contributed by atoms with E-state index in [-0.39, 0.29) is 18.2 Å². The molecule has 0 fully saturated rings. The maximum absolute atomic E-state index is 12.3. The molecule has 0 spiro atoms. The largest absolute Gasteiger partial charge is 0.507 e. The van der Waals surface area contributed by atoms with Gasteiger partial charge in [-0.1, -0.05) is 6.07 Å². The van der Waals surface area contributed by atoms with Crippen LogP contribution in [0.5, 0.6) is 11.5 Å². The Hall–Kier alpha value is -3.35. The smallest absolute Gasteiger partial charge is 0.254 e. The molecule has 0 aliphatic carbocycles. The van der Waals surface area contributed by atoms with Crippen LogP contribution < -0.4 is 10.5 Å². The van der Waals surface area contributed by atoms with Gasteiger partial charge < -0.3 is 20.5 Å². The number of carbonyl (C=O) groups excluding carboxylic acids is 2. The second kappa shape index (κ2) is 7.96. The minimum atomic E-state index is -0.585. The molecule has 0 aliphatic heterocycles. The number of primary amides is 1. The number of phenolic OH excluding ortho intramolecular Hbond substituents is 1. The Labute approximate surface area is 145 Å². The fraction of sp³-hybridized carbons (Fsp3) is 0.167. The number of carbonyl (C=O) groups is 2. The summed E-state index contributed by atoms with van der Waals surface area (Å²) in [6, 6.07) is 11.4. The van der Waals surface area contributed by atoms with E-state index in [9.17, 15) is 14.7 Å². The lowest BCUT2D eigenvalue weighted by molar-refractivity contribution is -0.118. The highest BCUT2D eigenvalue weighted by molar-refractivity contribution is 5.97. The van der Waals surface area contributed by atoms with Crippen molar-refractivity contribution in [2.75, 3.05) is 20.7 Å². The lowest BCUT2D eigenvalue weighted by atomic mass is 10.1. The van der Waals surface area contributed by atoms with Crippen LogP contribution in [0.4, 0.5) is 5.69 Å². The maximum atomic E-state index is 12.3. The molecule has 0 aromatic heterocycles. The number of amides is 2. The van der Waals surface area contributed by atoms with E-state index >= 15 is 0 Å². The molecule has 2 aromatic rings. The Morgan fingerprint density at radius 2 is 2.04 bits per heavy atom. The Morgan fingerprint density at radius 3 is 2.72 bits per heavy atom. The normalized spacial score (nSPS) is 10.6. The molecule has 0 saturated carbocycles. The van der Waals surface area contributed by atoms with Crippen molar-refractivity contribution < 1.29 is 19.4 Å². The van der Waals surface area contributed by atoms with Gasteiger partial charge >= 0.3 is 0 Å². The monoisotopic (exact) mass is 341 g/mol. The number of methoxy groups -OCH3 is 1. The zero-order chi connectivity index (χ0) is 18.4. The summed E-state index contributed by atoms with van der Waals surface area (Å²) in [5.41, 5.74) is 6.50. The summed E-state index contributed by atoms with van der Waals surface area (Å²) in [7, 11) is 3.03. The number of likely N-dealkylation sites (N-methyl/N-ethyl adjacent to an activating group) is 1. The average molecular weight is 341 g/mol. The second-order valence-corrected chi connectivity index (χ2v) is 5.36. The topological polar surface area (TPSA) is 105 Å². The Balaban J connectivity index is 2.22. The number of hydrogen-bond donors (Lipinski definition) is 2. The van der Waals surface area contributed by atoms with Gasteiger partial charge in [-0.15, -0.1) is 0 Å². The molecule has 0 radical (unpaired) electrons. The van der Waals surface area contributed by atoms with E-state index < -0.39 is 5.91 Å². The lowest BCUT2D eigenvalue weighted by Gasteiger charge is -2.15. The SMILES string of the molecule is COc1ccc(O)c(C=Nc2cccc(C(=O)N(C)CC(N)=O)c2)c1. The third kappa shape index (κ3) is 4.81. The summed E-state index contributed by atoms with van der Waals surface area (Å²) in [5, 5.41) is 9.86. The molecule has 25 heavy (non-hydrogen) atoms. The summed E-state index contributed by atoms with van der Waals surface area (Å²) in [6.07, 6.45) is 1.48. The summed E-state index contributed by atoms with van der Waals surface area (Å²) in [6.45, 7) is -0.163. The minimum Gasteiger partial charge on any atom is -0.507 e. The highest BCUT2D eigenvalue weighted by Gasteiger charge is 2.13. The number of rotatable bonds is 6. The lowest BCUT2D eigenvalue weighted by Crippen LogP contribution is -2.35. The zero-order valence-corrected chi connectivity index (χ0v) is 14.0. The van der Waals surface area contributed by atoms with Crippen molar-refractivity contribution >= 4 is 23.7 Å². The van der Waals surface area contributed by atoms with Gasteiger partial charge in [0.25, 0.3) is 5.91 Å². The number of nitrogens with zero attached hydrogens (tertiary/aromatic N) is 2. The molecule has 0 aliphatic rings. The minimum absolute atomic E-state index is 0.0676. The molecule has 0 unspecified atom stereocenters. The van der Waals surface area contributed by atoms with Crippen LogP contribution in [-0.4, -0.2) is 48.7 Å². The van der Waals surface area contributed by atoms with Crippen molar-refractivity contribution in [1.29, 1.82) is 0 Å². The van der Waals surface area contributed by atoms with Gasteiger partial charge in [0.15, 0.2) is 0 Å². The van der Waals surface area contributed by atoms with Crippen LogP contribution in [0.15, 0.2) is 47.5 Å². The third-order valence-corrected chi connectivity index (χ3v) is 3.42. The van der Waals surface area contributed by atoms with E-state index in [2.05, 4.69) is 4.99 Å². The van der Waals surface area contributed by atoms with Crippen molar-refractivity contribution in [1.82, 2.24) is 4.90 Å². The van der Waals surface area contributed by atoms with Crippen LogP contribution in [0.2, 0.25) is 0 Å².